The van der Waals surface area contributed by atoms with Crippen LogP contribution in [-0.4, -0.2) is 0 Å². The lowest BCUT2D eigenvalue weighted by molar-refractivity contribution is 0.356. The highest BCUT2D eigenvalue weighted by Gasteiger charge is 2.32. The molecule has 1 fully saturated rings. The van der Waals surface area contributed by atoms with Gasteiger partial charge in [-0.25, -0.2) is 0 Å². The fraction of sp³-hybridized carbons (Fsp3) is 0.929. The molecule has 1 heteroatoms. The Morgan fingerprint density at radius 2 is 1.60 bits per heavy atom. The first kappa shape index (κ1) is 12.6. The third-order valence-electron chi connectivity index (χ3n) is 3.81. The highest BCUT2D eigenvalue weighted by atomic mass is 14.4. The maximum atomic E-state index is 9.21. The van der Waals surface area contributed by atoms with Gasteiger partial charge in [-0.1, -0.05) is 58.3 Å². The van der Waals surface area contributed by atoms with E-state index in [0.29, 0.717) is 0 Å². The number of rotatable bonds is 7. The van der Waals surface area contributed by atoms with Crippen molar-refractivity contribution in [2.75, 3.05) is 0 Å². The lowest BCUT2D eigenvalue weighted by Crippen LogP contribution is -2.12. The first-order valence-corrected chi connectivity index (χ1v) is 6.74. The van der Waals surface area contributed by atoms with Gasteiger partial charge in [0.25, 0.3) is 0 Å². The van der Waals surface area contributed by atoms with Crippen LogP contribution >= 0.6 is 0 Å². The van der Waals surface area contributed by atoms with Gasteiger partial charge in [0.1, 0.15) is 0 Å². The van der Waals surface area contributed by atoms with Crippen LogP contribution in [-0.2, 0) is 0 Å². The van der Waals surface area contributed by atoms with E-state index in [1.165, 1.54) is 64.2 Å². The average molecular weight is 207 g/mol. The molecule has 1 aliphatic carbocycles. The van der Waals surface area contributed by atoms with E-state index in [0.717, 1.165) is 6.42 Å². The molecule has 1 nitrogen and oxygen atoms in total. The molecule has 0 radical (unpaired) electrons. The Balaban J connectivity index is 2.06. The zero-order valence-corrected chi connectivity index (χ0v) is 10.2. The highest BCUT2D eigenvalue weighted by Crippen LogP contribution is 2.41. The van der Waals surface area contributed by atoms with Crippen molar-refractivity contribution < 1.29 is 0 Å². The summed E-state index contributed by atoms with van der Waals surface area (Å²) in [6, 6.07) is 2.58. The van der Waals surface area contributed by atoms with Gasteiger partial charge in [-0.05, 0) is 19.3 Å². The van der Waals surface area contributed by atoms with E-state index in [1.54, 1.807) is 0 Å². The van der Waals surface area contributed by atoms with Crippen molar-refractivity contribution >= 4 is 0 Å². The van der Waals surface area contributed by atoms with Gasteiger partial charge in [-0.2, -0.15) is 5.26 Å². The predicted octanol–water partition coefficient (Wildman–Crippen LogP) is 4.82. The maximum absolute atomic E-state index is 9.21. The highest BCUT2D eigenvalue weighted by molar-refractivity contribution is 5.01. The smallest absolute Gasteiger partial charge is 0.0689 e. The van der Waals surface area contributed by atoms with Gasteiger partial charge in [0.15, 0.2) is 0 Å². The van der Waals surface area contributed by atoms with E-state index in [1.807, 2.05) is 0 Å². The standard InChI is InChI=1S/C14H25N/c1-2-3-4-5-6-7-10-14(13-15)11-8-9-12-14/h2-12H2,1H3. The van der Waals surface area contributed by atoms with Crippen molar-refractivity contribution in [3.8, 4) is 6.07 Å². The zero-order chi connectivity index (χ0) is 11.0. The van der Waals surface area contributed by atoms with Crippen molar-refractivity contribution in [1.29, 1.82) is 5.26 Å². The van der Waals surface area contributed by atoms with Crippen LogP contribution in [0.15, 0.2) is 0 Å². The van der Waals surface area contributed by atoms with E-state index in [2.05, 4.69) is 13.0 Å². The molecule has 0 spiro atoms. The van der Waals surface area contributed by atoms with Crippen molar-refractivity contribution in [3.63, 3.8) is 0 Å². The number of nitrogens with zero attached hydrogens (tertiary/aromatic N) is 1. The molecule has 0 unspecified atom stereocenters. The quantitative estimate of drug-likeness (QED) is 0.549. The minimum absolute atomic E-state index is 0.0881. The van der Waals surface area contributed by atoms with Gasteiger partial charge >= 0.3 is 0 Å². The molecule has 0 amide bonds. The van der Waals surface area contributed by atoms with Crippen LogP contribution < -0.4 is 0 Å². The lowest BCUT2D eigenvalue weighted by Gasteiger charge is -2.19. The van der Waals surface area contributed by atoms with E-state index in [-0.39, 0.29) is 5.41 Å². The van der Waals surface area contributed by atoms with Crippen LogP contribution in [0.4, 0.5) is 0 Å². The van der Waals surface area contributed by atoms with Crippen LogP contribution in [0.3, 0.4) is 0 Å². The maximum Gasteiger partial charge on any atom is 0.0689 e. The molecular formula is C14H25N. The summed E-state index contributed by atoms with van der Waals surface area (Å²) in [5.74, 6) is 0. The molecular weight excluding hydrogens is 182 g/mol. The normalized spacial score (nSPS) is 18.9. The van der Waals surface area contributed by atoms with Crippen LogP contribution in [0.5, 0.6) is 0 Å². The number of nitriles is 1. The molecule has 86 valence electrons. The van der Waals surface area contributed by atoms with E-state index >= 15 is 0 Å². The van der Waals surface area contributed by atoms with Gasteiger partial charge in [-0.15, -0.1) is 0 Å². The largest absolute Gasteiger partial charge is 0.198 e. The van der Waals surface area contributed by atoms with Crippen LogP contribution in [0.1, 0.15) is 77.6 Å². The first-order chi connectivity index (χ1) is 7.33. The number of hydrogen-bond acceptors (Lipinski definition) is 1. The molecule has 0 saturated heterocycles. The molecule has 0 aromatic rings. The van der Waals surface area contributed by atoms with Gasteiger partial charge in [0, 0.05) is 0 Å². The van der Waals surface area contributed by atoms with Gasteiger partial charge < -0.3 is 0 Å². The number of unbranched alkanes of at least 4 members (excludes halogenated alkanes) is 5. The van der Waals surface area contributed by atoms with Crippen LogP contribution in [0.25, 0.3) is 0 Å². The monoisotopic (exact) mass is 207 g/mol. The molecule has 0 aromatic carbocycles. The molecule has 0 aliphatic heterocycles. The fourth-order valence-corrected chi connectivity index (χ4v) is 2.71. The van der Waals surface area contributed by atoms with Crippen LogP contribution in [0, 0.1) is 16.7 Å². The molecule has 1 aliphatic rings. The van der Waals surface area contributed by atoms with Crippen molar-refractivity contribution in [2.45, 2.75) is 77.6 Å². The van der Waals surface area contributed by atoms with Crippen molar-refractivity contribution in [3.05, 3.63) is 0 Å². The summed E-state index contributed by atoms with van der Waals surface area (Å²) in [6.07, 6.45) is 14.1. The summed E-state index contributed by atoms with van der Waals surface area (Å²) in [5, 5.41) is 9.21. The SMILES string of the molecule is CCCCCCCCC1(C#N)CCCC1. The molecule has 15 heavy (non-hydrogen) atoms. The second-order valence-electron chi connectivity index (χ2n) is 5.12. The second-order valence-corrected chi connectivity index (χ2v) is 5.12. The summed E-state index contributed by atoms with van der Waals surface area (Å²) in [6.45, 7) is 2.25. The fourth-order valence-electron chi connectivity index (χ4n) is 2.71. The topological polar surface area (TPSA) is 23.8 Å². The molecule has 0 heterocycles. The van der Waals surface area contributed by atoms with Gasteiger partial charge in [-0.3, -0.25) is 0 Å². The van der Waals surface area contributed by atoms with Crippen molar-refractivity contribution in [2.24, 2.45) is 5.41 Å². The summed E-state index contributed by atoms with van der Waals surface area (Å²) in [7, 11) is 0. The second kappa shape index (κ2) is 6.88. The van der Waals surface area contributed by atoms with E-state index in [9.17, 15) is 5.26 Å². The molecule has 0 aromatic heterocycles. The molecule has 1 rings (SSSR count). The Labute approximate surface area is 94.9 Å². The average Bonchev–Trinajstić information content (AvgIpc) is 2.73. The van der Waals surface area contributed by atoms with Crippen molar-refractivity contribution in [1.82, 2.24) is 0 Å². The molecule has 0 atom stereocenters. The minimum Gasteiger partial charge on any atom is -0.198 e. The summed E-state index contributed by atoms with van der Waals surface area (Å²) < 4.78 is 0. The number of hydrogen-bond donors (Lipinski definition) is 0. The Kier molecular flexibility index (Phi) is 5.76. The summed E-state index contributed by atoms with van der Waals surface area (Å²) >= 11 is 0. The first-order valence-electron chi connectivity index (χ1n) is 6.74. The Hall–Kier alpha value is -0.510. The van der Waals surface area contributed by atoms with E-state index < -0.39 is 0 Å². The lowest BCUT2D eigenvalue weighted by atomic mass is 9.82. The summed E-state index contributed by atoms with van der Waals surface area (Å²) in [4.78, 5) is 0. The van der Waals surface area contributed by atoms with Gasteiger partial charge in [0.05, 0.1) is 11.5 Å². The molecule has 0 bridgehead atoms. The Morgan fingerprint density at radius 1 is 1.00 bits per heavy atom. The molecule has 1 saturated carbocycles. The third-order valence-corrected chi connectivity index (χ3v) is 3.81. The Morgan fingerprint density at radius 3 is 2.20 bits per heavy atom. The minimum atomic E-state index is 0.0881. The van der Waals surface area contributed by atoms with Gasteiger partial charge in [0.2, 0.25) is 0 Å². The summed E-state index contributed by atoms with van der Waals surface area (Å²) in [5.41, 5.74) is 0.0881. The third kappa shape index (κ3) is 4.24. The van der Waals surface area contributed by atoms with E-state index in [4.69, 9.17) is 0 Å². The predicted molar refractivity (Wildman–Crippen MR) is 64.5 cm³/mol. The Bertz CT molecular complexity index is 196. The molecule has 0 N–H and O–H groups in total. The van der Waals surface area contributed by atoms with Crippen LogP contribution in [0.2, 0.25) is 0 Å². The zero-order valence-electron chi connectivity index (χ0n) is 10.2.